The molecule has 5 nitrogen and oxygen atoms in total. The van der Waals surface area contributed by atoms with Gasteiger partial charge in [-0.15, -0.1) is 0 Å². The van der Waals surface area contributed by atoms with Gasteiger partial charge < -0.3 is 14.8 Å². The Kier molecular flexibility index (Phi) is 4.15. The monoisotopic (exact) mass is 265 g/mol. The molecule has 3 atom stereocenters. The molecular weight excluding hydrogens is 242 g/mol. The predicted molar refractivity (Wildman–Crippen MR) is 71.9 cm³/mol. The Labute approximate surface area is 114 Å². The second-order valence-corrected chi connectivity index (χ2v) is 5.38. The minimum absolute atomic E-state index is 0.192. The second kappa shape index (κ2) is 6.03. The van der Waals surface area contributed by atoms with Crippen LogP contribution in [0.3, 0.4) is 0 Å². The Morgan fingerprint density at radius 2 is 2.37 bits per heavy atom. The summed E-state index contributed by atoms with van der Waals surface area (Å²) in [4.78, 5) is 0. The molecule has 1 aromatic heterocycles. The quantitative estimate of drug-likeness (QED) is 0.873. The summed E-state index contributed by atoms with van der Waals surface area (Å²) in [6.45, 7) is 6.63. The molecule has 0 bridgehead atoms. The third-order valence-electron chi connectivity index (χ3n) is 4.15. The average molecular weight is 265 g/mol. The molecule has 0 unspecified atom stereocenters. The highest BCUT2D eigenvalue weighted by Crippen LogP contribution is 2.34. The number of hydrogen-bond acceptors (Lipinski definition) is 4. The van der Waals surface area contributed by atoms with Crippen molar-refractivity contribution in [2.45, 2.75) is 38.5 Å². The molecule has 0 aromatic carbocycles. The molecule has 2 fully saturated rings. The summed E-state index contributed by atoms with van der Waals surface area (Å²) in [5.74, 6) is 0.544. The van der Waals surface area contributed by atoms with Gasteiger partial charge in [0.25, 0.3) is 0 Å². The van der Waals surface area contributed by atoms with Crippen molar-refractivity contribution in [3.8, 4) is 0 Å². The van der Waals surface area contributed by atoms with Gasteiger partial charge in [-0.1, -0.05) is 0 Å². The van der Waals surface area contributed by atoms with Gasteiger partial charge in [0.15, 0.2) is 0 Å². The van der Waals surface area contributed by atoms with Crippen LogP contribution in [-0.2, 0) is 16.0 Å². The Balaban J connectivity index is 1.61. The van der Waals surface area contributed by atoms with Crippen LogP contribution in [0.1, 0.15) is 31.6 Å². The Morgan fingerprint density at radius 1 is 1.42 bits per heavy atom. The lowest BCUT2D eigenvalue weighted by molar-refractivity contribution is 0.0821. The Hall–Kier alpha value is -0.910. The standard InChI is InChI=1S/C14H23N3O2/c1-2-17-13(3-6-16-17)14-11(4-8-19-14)9-15-12-5-7-18-10-12/h3,6,11-12,14-15H,2,4-5,7-10H2,1H3/t11-,12-,14+/m0/s1. The van der Waals surface area contributed by atoms with E-state index in [9.17, 15) is 0 Å². The van der Waals surface area contributed by atoms with Crippen LogP contribution in [0.15, 0.2) is 12.3 Å². The molecule has 0 radical (unpaired) electrons. The molecular formula is C14H23N3O2. The predicted octanol–water partition coefficient (Wildman–Crippen LogP) is 1.36. The molecule has 0 aliphatic carbocycles. The van der Waals surface area contributed by atoms with E-state index < -0.39 is 0 Å². The van der Waals surface area contributed by atoms with E-state index in [1.807, 2.05) is 10.9 Å². The maximum absolute atomic E-state index is 5.94. The van der Waals surface area contributed by atoms with Gasteiger partial charge in [-0.3, -0.25) is 4.68 Å². The number of aromatic nitrogens is 2. The van der Waals surface area contributed by atoms with Crippen LogP contribution in [0.2, 0.25) is 0 Å². The molecule has 3 rings (SSSR count). The number of hydrogen-bond donors (Lipinski definition) is 1. The van der Waals surface area contributed by atoms with Crippen molar-refractivity contribution in [3.63, 3.8) is 0 Å². The number of aryl methyl sites for hydroxylation is 1. The van der Waals surface area contributed by atoms with Gasteiger partial charge in [0.1, 0.15) is 6.10 Å². The van der Waals surface area contributed by atoms with Crippen molar-refractivity contribution in [2.24, 2.45) is 5.92 Å². The minimum Gasteiger partial charge on any atom is -0.380 e. The maximum Gasteiger partial charge on any atom is 0.103 e. The third kappa shape index (κ3) is 2.83. The van der Waals surface area contributed by atoms with Crippen LogP contribution in [0.25, 0.3) is 0 Å². The third-order valence-corrected chi connectivity index (χ3v) is 4.15. The van der Waals surface area contributed by atoms with E-state index in [2.05, 4.69) is 23.4 Å². The summed E-state index contributed by atoms with van der Waals surface area (Å²) >= 11 is 0. The fourth-order valence-electron chi connectivity index (χ4n) is 3.03. The van der Waals surface area contributed by atoms with Crippen LogP contribution < -0.4 is 5.32 Å². The summed E-state index contributed by atoms with van der Waals surface area (Å²) in [5.41, 5.74) is 1.22. The molecule has 1 aromatic rings. The van der Waals surface area contributed by atoms with Crippen molar-refractivity contribution in [1.82, 2.24) is 15.1 Å². The zero-order chi connectivity index (χ0) is 13.1. The summed E-state index contributed by atoms with van der Waals surface area (Å²) in [7, 11) is 0. The molecule has 106 valence electrons. The fourth-order valence-corrected chi connectivity index (χ4v) is 3.03. The topological polar surface area (TPSA) is 48.3 Å². The van der Waals surface area contributed by atoms with Crippen molar-refractivity contribution >= 4 is 0 Å². The van der Waals surface area contributed by atoms with Gasteiger partial charge >= 0.3 is 0 Å². The summed E-state index contributed by atoms with van der Waals surface area (Å²) in [6, 6.07) is 2.61. The van der Waals surface area contributed by atoms with E-state index in [-0.39, 0.29) is 6.10 Å². The molecule has 5 heteroatoms. The first-order chi connectivity index (χ1) is 9.38. The number of nitrogens with zero attached hydrogens (tertiary/aromatic N) is 2. The highest BCUT2D eigenvalue weighted by molar-refractivity contribution is 5.08. The molecule has 0 amide bonds. The lowest BCUT2D eigenvalue weighted by atomic mass is 9.98. The van der Waals surface area contributed by atoms with E-state index in [1.165, 1.54) is 5.69 Å². The lowest BCUT2D eigenvalue weighted by Crippen LogP contribution is -2.34. The zero-order valence-electron chi connectivity index (χ0n) is 11.5. The van der Waals surface area contributed by atoms with Gasteiger partial charge in [0.2, 0.25) is 0 Å². The first-order valence-electron chi connectivity index (χ1n) is 7.33. The fraction of sp³-hybridized carbons (Fsp3) is 0.786. The van der Waals surface area contributed by atoms with Gasteiger partial charge in [-0.2, -0.15) is 5.10 Å². The number of rotatable bonds is 5. The Bertz CT molecular complexity index is 401. The first-order valence-corrected chi connectivity index (χ1v) is 7.33. The van der Waals surface area contributed by atoms with Crippen molar-refractivity contribution in [3.05, 3.63) is 18.0 Å². The van der Waals surface area contributed by atoms with E-state index in [0.29, 0.717) is 12.0 Å². The van der Waals surface area contributed by atoms with Gasteiger partial charge in [0, 0.05) is 44.5 Å². The van der Waals surface area contributed by atoms with Crippen molar-refractivity contribution in [1.29, 1.82) is 0 Å². The summed E-state index contributed by atoms with van der Waals surface area (Å²) < 4.78 is 13.4. The number of nitrogens with one attached hydrogen (secondary N) is 1. The highest BCUT2D eigenvalue weighted by atomic mass is 16.5. The van der Waals surface area contributed by atoms with E-state index >= 15 is 0 Å². The van der Waals surface area contributed by atoms with Gasteiger partial charge in [0.05, 0.1) is 12.3 Å². The average Bonchev–Trinajstić information content (AvgIpc) is 3.16. The molecule has 19 heavy (non-hydrogen) atoms. The van der Waals surface area contributed by atoms with E-state index in [0.717, 1.165) is 45.8 Å². The van der Waals surface area contributed by atoms with Crippen LogP contribution in [0.5, 0.6) is 0 Å². The Morgan fingerprint density at radius 3 is 3.16 bits per heavy atom. The second-order valence-electron chi connectivity index (χ2n) is 5.38. The molecule has 2 saturated heterocycles. The molecule has 0 spiro atoms. The largest absolute Gasteiger partial charge is 0.380 e. The van der Waals surface area contributed by atoms with Gasteiger partial charge in [-0.05, 0) is 25.8 Å². The number of ether oxygens (including phenoxy) is 2. The normalized spacial score (nSPS) is 31.1. The molecule has 2 aliphatic rings. The summed E-state index contributed by atoms with van der Waals surface area (Å²) in [6.07, 6.45) is 4.32. The molecule has 1 N–H and O–H groups in total. The highest BCUT2D eigenvalue weighted by Gasteiger charge is 2.32. The smallest absolute Gasteiger partial charge is 0.103 e. The maximum atomic E-state index is 5.94. The lowest BCUT2D eigenvalue weighted by Gasteiger charge is -2.21. The van der Waals surface area contributed by atoms with Crippen LogP contribution >= 0.6 is 0 Å². The van der Waals surface area contributed by atoms with E-state index in [4.69, 9.17) is 9.47 Å². The molecule has 2 aliphatic heterocycles. The van der Waals surface area contributed by atoms with Crippen LogP contribution in [0.4, 0.5) is 0 Å². The molecule has 3 heterocycles. The molecule has 0 saturated carbocycles. The minimum atomic E-state index is 0.192. The zero-order valence-corrected chi connectivity index (χ0v) is 11.5. The van der Waals surface area contributed by atoms with Crippen molar-refractivity contribution < 1.29 is 9.47 Å². The van der Waals surface area contributed by atoms with Gasteiger partial charge in [-0.25, -0.2) is 0 Å². The van der Waals surface area contributed by atoms with E-state index in [1.54, 1.807) is 0 Å². The van der Waals surface area contributed by atoms with Crippen molar-refractivity contribution in [2.75, 3.05) is 26.4 Å². The first kappa shape index (κ1) is 13.1. The van der Waals surface area contributed by atoms with Crippen LogP contribution in [-0.4, -0.2) is 42.2 Å². The SMILES string of the molecule is CCn1nccc1[C@@H]1OCC[C@H]1CN[C@H]1CCOC1. The van der Waals surface area contributed by atoms with Crippen LogP contribution in [0, 0.1) is 5.92 Å². The summed E-state index contributed by atoms with van der Waals surface area (Å²) in [5, 5.41) is 7.97.